The number of rotatable bonds is 5. The van der Waals surface area contributed by atoms with Gasteiger partial charge in [0.1, 0.15) is 17.5 Å². The van der Waals surface area contributed by atoms with Gasteiger partial charge in [-0.2, -0.15) is 0 Å². The van der Waals surface area contributed by atoms with Crippen LogP contribution in [0.4, 0.5) is 0 Å². The van der Waals surface area contributed by atoms with Crippen LogP contribution in [0.25, 0.3) is 11.1 Å². The third kappa shape index (κ3) is 3.47. The third-order valence-electron chi connectivity index (χ3n) is 7.55. The predicted molar refractivity (Wildman–Crippen MR) is 121 cm³/mol. The van der Waals surface area contributed by atoms with Crippen LogP contribution >= 0.6 is 0 Å². The average molecular weight is 432 g/mol. The maximum Gasteiger partial charge on any atom is 0.244 e. The Kier molecular flexibility index (Phi) is 4.54. The monoisotopic (exact) mass is 431 g/mol. The summed E-state index contributed by atoms with van der Waals surface area (Å²) in [7, 11) is 0. The predicted octanol–water partition coefficient (Wildman–Crippen LogP) is 3.28. The highest BCUT2D eigenvalue weighted by atomic mass is 16.3. The van der Waals surface area contributed by atoms with E-state index in [4.69, 9.17) is 0 Å². The molecule has 1 spiro atoms. The lowest BCUT2D eigenvalue weighted by atomic mass is 10.0. The molecule has 2 aliphatic heterocycles. The average Bonchev–Trinajstić information content (AvgIpc) is 3.73. The largest absolute Gasteiger partial charge is 0.508 e. The quantitative estimate of drug-likeness (QED) is 0.762. The zero-order chi connectivity index (χ0) is 21.9. The minimum atomic E-state index is -0.373. The molecule has 6 rings (SSSR count). The Labute approximate surface area is 188 Å². The standard InChI is InChI=1S/C26H29N3O3/c30-22-9-7-19(8-10-22)18-1-3-20(4-2-18)23-27-26(12-13-26)25(32)29(23)16-17-11-14-28(15-17)24(31)21-5-6-21/h1-4,7-10,17,21,23,27,30H,5-6,11-16H2/t17-,23?/m0/s1. The lowest BCUT2D eigenvalue weighted by molar-refractivity contribution is -0.131. The SMILES string of the molecule is O=C(C1CC1)N1CC[C@H](CN2C(=O)C3(CC3)NC2c2ccc(-c3ccc(O)cc3)cc2)C1. The number of carbonyl (C=O) groups is 2. The van der Waals surface area contributed by atoms with E-state index in [0.717, 1.165) is 61.9 Å². The summed E-state index contributed by atoms with van der Waals surface area (Å²) in [5, 5.41) is 13.1. The minimum absolute atomic E-state index is 0.118. The van der Waals surface area contributed by atoms with Gasteiger partial charge in [-0.3, -0.25) is 14.9 Å². The first-order chi connectivity index (χ1) is 15.5. The number of phenolic OH excluding ortho intramolecular Hbond substituents is 1. The molecule has 4 fully saturated rings. The molecule has 2 atom stereocenters. The lowest BCUT2D eigenvalue weighted by Crippen LogP contribution is -2.37. The fraction of sp³-hybridized carbons (Fsp3) is 0.462. The molecule has 2 saturated heterocycles. The number of nitrogens with one attached hydrogen (secondary N) is 1. The molecular formula is C26H29N3O3. The van der Waals surface area contributed by atoms with Gasteiger partial charge in [0.15, 0.2) is 0 Å². The third-order valence-corrected chi connectivity index (χ3v) is 7.55. The Morgan fingerprint density at radius 1 is 1.00 bits per heavy atom. The van der Waals surface area contributed by atoms with E-state index in [-0.39, 0.29) is 29.3 Å². The number of aromatic hydroxyl groups is 1. The Morgan fingerprint density at radius 2 is 1.66 bits per heavy atom. The molecule has 1 unspecified atom stereocenters. The van der Waals surface area contributed by atoms with Crippen LogP contribution in [-0.2, 0) is 9.59 Å². The summed E-state index contributed by atoms with van der Waals surface area (Å²) in [6, 6.07) is 15.5. The fourth-order valence-corrected chi connectivity index (χ4v) is 5.29. The van der Waals surface area contributed by atoms with Crippen molar-refractivity contribution in [2.24, 2.45) is 11.8 Å². The summed E-state index contributed by atoms with van der Waals surface area (Å²) in [6.07, 6.45) is 4.75. The van der Waals surface area contributed by atoms with Crippen LogP contribution in [0.5, 0.6) is 5.75 Å². The lowest BCUT2D eigenvalue weighted by Gasteiger charge is -2.27. The van der Waals surface area contributed by atoms with Gasteiger partial charge in [0.25, 0.3) is 0 Å². The number of hydrogen-bond acceptors (Lipinski definition) is 4. The van der Waals surface area contributed by atoms with Gasteiger partial charge < -0.3 is 14.9 Å². The van der Waals surface area contributed by atoms with Crippen molar-refractivity contribution in [1.29, 1.82) is 0 Å². The van der Waals surface area contributed by atoms with E-state index in [2.05, 4.69) is 29.6 Å². The van der Waals surface area contributed by atoms with Crippen LogP contribution in [0.3, 0.4) is 0 Å². The van der Waals surface area contributed by atoms with Crippen molar-refractivity contribution in [3.63, 3.8) is 0 Å². The second kappa shape index (κ2) is 7.34. The molecule has 2 saturated carbocycles. The van der Waals surface area contributed by atoms with Crippen LogP contribution in [0, 0.1) is 11.8 Å². The molecule has 6 nitrogen and oxygen atoms in total. The molecule has 2 aromatic carbocycles. The highest BCUT2D eigenvalue weighted by Gasteiger charge is 2.59. The van der Waals surface area contributed by atoms with Gasteiger partial charge in [-0.25, -0.2) is 0 Å². The summed E-state index contributed by atoms with van der Waals surface area (Å²) < 4.78 is 0. The molecular weight excluding hydrogens is 402 g/mol. The summed E-state index contributed by atoms with van der Waals surface area (Å²) in [5.41, 5.74) is 2.85. The van der Waals surface area contributed by atoms with Crippen molar-refractivity contribution in [3.8, 4) is 16.9 Å². The highest BCUT2D eigenvalue weighted by Crippen LogP contribution is 2.46. The number of phenols is 1. The normalized spacial score (nSPS) is 26.2. The molecule has 2 N–H and O–H groups in total. The summed E-state index contributed by atoms with van der Waals surface area (Å²) >= 11 is 0. The van der Waals surface area contributed by atoms with Crippen LogP contribution in [0.1, 0.15) is 43.8 Å². The molecule has 0 aromatic heterocycles. The summed E-state index contributed by atoms with van der Waals surface area (Å²) in [4.78, 5) is 29.8. The zero-order valence-electron chi connectivity index (χ0n) is 18.2. The molecule has 32 heavy (non-hydrogen) atoms. The second-order valence-corrected chi connectivity index (χ2v) is 9.97. The number of nitrogens with zero attached hydrogens (tertiary/aromatic N) is 2. The molecule has 2 heterocycles. The van der Waals surface area contributed by atoms with Gasteiger partial charge in [-0.1, -0.05) is 36.4 Å². The van der Waals surface area contributed by atoms with Gasteiger partial charge in [0.2, 0.25) is 11.8 Å². The topological polar surface area (TPSA) is 72.9 Å². The first kappa shape index (κ1) is 19.8. The van der Waals surface area contributed by atoms with Crippen molar-refractivity contribution >= 4 is 11.8 Å². The molecule has 4 aliphatic rings. The van der Waals surface area contributed by atoms with Crippen molar-refractivity contribution in [2.75, 3.05) is 19.6 Å². The first-order valence-electron chi connectivity index (χ1n) is 11.8. The van der Waals surface area contributed by atoms with Gasteiger partial charge >= 0.3 is 0 Å². The second-order valence-electron chi connectivity index (χ2n) is 9.97. The van der Waals surface area contributed by atoms with Gasteiger partial charge in [-0.15, -0.1) is 0 Å². The van der Waals surface area contributed by atoms with Crippen LogP contribution < -0.4 is 5.32 Å². The van der Waals surface area contributed by atoms with Crippen molar-refractivity contribution in [3.05, 3.63) is 54.1 Å². The summed E-state index contributed by atoms with van der Waals surface area (Å²) in [6.45, 7) is 2.30. The van der Waals surface area contributed by atoms with Crippen LogP contribution in [0.2, 0.25) is 0 Å². The Balaban J connectivity index is 1.19. The molecule has 2 aliphatic carbocycles. The van der Waals surface area contributed by atoms with E-state index in [1.54, 1.807) is 12.1 Å². The van der Waals surface area contributed by atoms with E-state index in [1.165, 1.54) is 0 Å². The van der Waals surface area contributed by atoms with Gasteiger partial charge in [0, 0.05) is 25.6 Å². The molecule has 166 valence electrons. The van der Waals surface area contributed by atoms with Crippen molar-refractivity contribution in [1.82, 2.24) is 15.1 Å². The molecule has 0 radical (unpaired) electrons. The van der Waals surface area contributed by atoms with E-state index in [0.29, 0.717) is 18.4 Å². The molecule has 6 heteroatoms. The first-order valence-corrected chi connectivity index (χ1v) is 11.8. The number of carbonyl (C=O) groups excluding carboxylic acids is 2. The smallest absolute Gasteiger partial charge is 0.244 e. The Morgan fingerprint density at radius 3 is 2.28 bits per heavy atom. The van der Waals surface area contributed by atoms with Crippen molar-refractivity contribution in [2.45, 2.75) is 43.8 Å². The number of hydrogen-bond donors (Lipinski definition) is 2. The summed E-state index contributed by atoms with van der Waals surface area (Å²) in [5.74, 6) is 1.40. The van der Waals surface area contributed by atoms with E-state index < -0.39 is 0 Å². The molecule has 2 aromatic rings. The maximum absolute atomic E-state index is 13.3. The zero-order valence-corrected chi connectivity index (χ0v) is 18.2. The van der Waals surface area contributed by atoms with Crippen LogP contribution in [0.15, 0.2) is 48.5 Å². The minimum Gasteiger partial charge on any atom is -0.508 e. The highest BCUT2D eigenvalue weighted by molar-refractivity contribution is 5.92. The molecule has 2 amide bonds. The Hall–Kier alpha value is -2.86. The molecule has 0 bridgehead atoms. The van der Waals surface area contributed by atoms with Crippen LogP contribution in [-0.4, -0.2) is 51.9 Å². The number of benzene rings is 2. The maximum atomic E-state index is 13.3. The Bertz CT molecular complexity index is 1040. The van der Waals surface area contributed by atoms with E-state index in [1.807, 2.05) is 21.9 Å². The van der Waals surface area contributed by atoms with E-state index >= 15 is 0 Å². The van der Waals surface area contributed by atoms with Gasteiger partial charge in [-0.05, 0) is 66.8 Å². The van der Waals surface area contributed by atoms with E-state index in [9.17, 15) is 14.7 Å². The fourth-order valence-electron chi connectivity index (χ4n) is 5.29. The van der Waals surface area contributed by atoms with Crippen molar-refractivity contribution < 1.29 is 14.7 Å². The number of amides is 2. The van der Waals surface area contributed by atoms with Gasteiger partial charge in [0.05, 0.1) is 0 Å². The number of likely N-dealkylation sites (tertiary alicyclic amines) is 1.